The summed E-state index contributed by atoms with van der Waals surface area (Å²) in [6, 6.07) is 9.46. The molecule has 1 aromatic carbocycles. The van der Waals surface area contributed by atoms with Crippen LogP contribution >= 0.6 is 11.6 Å². The Morgan fingerprint density at radius 3 is 3.04 bits per heavy atom. The maximum Gasteiger partial charge on any atom is 0.266 e. The minimum atomic E-state index is -0.452. The maximum absolute atomic E-state index is 12.5. The number of aliphatic hydroxyl groups is 1. The molecule has 0 saturated carbocycles. The van der Waals surface area contributed by atoms with E-state index in [9.17, 15) is 9.90 Å². The van der Waals surface area contributed by atoms with Crippen LogP contribution < -0.4 is 9.88 Å². The normalized spacial score (nSPS) is 20.1. The number of piperidine rings is 1. The second-order valence-corrected chi connectivity index (χ2v) is 7.45. The molecule has 0 radical (unpaired) electrons. The van der Waals surface area contributed by atoms with Crippen LogP contribution in [-0.4, -0.2) is 39.5 Å². The highest BCUT2D eigenvalue weighted by molar-refractivity contribution is 6.30. The SMILES string of the molecule is O=C(C[C@H]1NCCC[C@@H]1O)C[n+]1c[nH]c2ncc(-c3cccc(Cl)c3)cc21. The highest BCUT2D eigenvalue weighted by atomic mass is 35.5. The Morgan fingerprint density at radius 2 is 2.22 bits per heavy atom. The van der Waals surface area contributed by atoms with E-state index in [2.05, 4.69) is 15.3 Å². The number of benzene rings is 1. The highest BCUT2D eigenvalue weighted by Crippen LogP contribution is 2.23. The van der Waals surface area contributed by atoms with E-state index in [0.29, 0.717) is 11.4 Å². The fourth-order valence-electron chi connectivity index (χ4n) is 3.59. The molecule has 0 amide bonds. The quantitative estimate of drug-likeness (QED) is 0.588. The molecule has 2 aromatic heterocycles. The molecule has 1 aliphatic rings. The van der Waals surface area contributed by atoms with Crippen molar-refractivity contribution in [2.24, 2.45) is 0 Å². The van der Waals surface area contributed by atoms with E-state index < -0.39 is 6.10 Å². The van der Waals surface area contributed by atoms with Gasteiger partial charge in [-0.1, -0.05) is 23.7 Å². The third kappa shape index (κ3) is 4.03. The molecule has 0 unspecified atom stereocenters. The summed E-state index contributed by atoms with van der Waals surface area (Å²) in [5, 5.41) is 14.0. The molecule has 0 spiro atoms. The molecule has 7 heteroatoms. The number of halogens is 1. The van der Waals surface area contributed by atoms with Crippen LogP contribution in [0.3, 0.4) is 0 Å². The molecule has 3 N–H and O–H groups in total. The topological polar surface area (TPSA) is 81.9 Å². The number of carbonyl (C=O) groups excluding carboxylic acids is 1. The molecular weight excluding hydrogens is 364 g/mol. The van der Waals surface area contributed by atoms with Crippen molar-refractivity contribution in [3.63, 3.8) is 0 Å². The molecule has 6 nitrogen and oxygen atoms in total. The van der Waals surface area contributed by atoms with E-state index in [1.807, 2.05) is 34.9 Å². The van der Waals surface area contributed by atoms with E-state index in [1.165, 1.54) is 0 Å². The Morgan fingerprint density at radius 1 is 1.33 bits per heavy atom. The number of H-pyrrole nitrogens is 1. The molecule has 3 heterocycles. The van der Waals surface area contributed by atoms with Crippen molar-refractivity contribution in [1.29, 1.82) is 0 Å². The molecule has 27 heavy (non-hydrogen) atoms. The van der Waals surface area contributed by atoms with Crippen molar-refractivity contribution in [2.75, 3.05) is 6.54 Å². The number of fused-ring (bicyclic) bond motifs is 1. The fraction of sp³-hybridized carbons (Fsp3) is 0.350. The minimum absolute atomic E-state index is 0.0764. The standard InChI is InChI=1S/C20H21ClN4O2/c21-15-4-1-3-13(7-15)14-8-18-20(23-10-14)24-12-25(18)11-16(26)9-17-19(27)5-2-6-22-17/h1,3-4,7-8,10,12,17,19,22,27H,2,5-6,9,11H2/p+1/t17-,19+/m1/s1. The number of ketones is 1. The first-order valence-electron chi connectivity index (χ1n) is 9.16. The molecule has 1 saturated heterocycles. The lowest BCUT2D eigenvalue weighted by atomic mass is 9.97. The van der Waals surface area contributed by atoms with Gasteiger partial charge in [-0.25, -0.2) is 14.5 Å². The van der Waals surface area contributed by atoms with Gasteiger partial charge in [-0.15, -0.1) is 0 Å². The summed E-state index contributed by atoms with van der Waals surface area (Å²) < 4.78 is 1.87. The van der Waals surface area contributed by atoms with Crippen LogP contribution in [0.2, 0.25) is 5.02 Å². The van der Waals surface area contributed by atoms with Crippen molar-refractivity contribution in [3.8, 4) is 11.1 Å². The maximum atomic E-state index is 12.5. The monoisotopic (exact) mass is 385 g/mol. The number of rotatable bonds is 5. The van der Waals surface area contributed by atoms with Crippen LogP contribution in [-0.2, 0) is 11.3 Å². The van der Waals surface area contributed by atoms with Crippen molar-refractivity contribution in [3.05, 3.63) is 47.9 Å². The van der Waals surface area contributed by atoms with Crippen LogP contribution in [0.4, 0.5) is 0 Å². The van der Waals surface area contributed by atoms with Gasteiger partial charge in [0.15, 0.2) is 11.3 Å². The Bertz CT molecular complexity index is 972. The second-order valence-electron chi connectivity index (χ2n) is 7.02. The van der Waals surface area contributed by atoms with E-state index in [1.54, 1.807) is 12.5 Å². The van der Waals surface area contributed by atoms with Crippen molar-refractivity contribution >= 4 is 28.5 Å². The summed E-state index contributed by atoms with van der Waals surface area (Å²) in [7, 11) is 0. The smallest absolute Gasteiger partial charge is 0.266 e. The van der Waals surface area contributed by atoms with Gasteiger partial charge in [-0.2, -0.15) is 0 Å². The summed E-state index contributed by atoms with van der Waals surface area (Å²) in [6.07, 6.45) is 5.12. The van der Waals surface area contributed by atoms with Crippen molar-refractivity contribution < 1.29 is 14.5 Å². The average Bonchev–Trinajstić information content (AvgIpc) is 3.06. The fourth-order valence-corrected chi connectivity index (χ4v) is 3.78. The number of aromatic nitrogens is 3. The Labute approximate surface area is 162 Å². The molecule has 1 aliphatic heterocycles. The van der Waals surface area contributed by atoms with Crippen LogP contribution in [0.15, 0.2) is 42.9 Å². The third-order valence-electron chi connectivity index (χ3n) is 5.03. The Balaban J connectivity index is 1.55. The highest BCUT2D eigenvalue weighted by Gasteiger charge is 2.26. The number of nitrogens with zero attached hydrogens (tertiary/aromatic N) is 2. The first-order chi connectivity index (χ1) is 13.1. The van der Waals surface area contributed by atoms with Gasteiger partial charge < -0.3 is 10.4 Å². The summed E-state index contributed by atoms with van der Waals surface area (Å²) >= 11 is 6.09. The molecule has 1 fully saturated rings. The van der Waals surface area contributed by atoms with Crippen molar-refractivity contribution in [1.82, 2.24) is 15.3 Å². The lowest BCUT2D eigenvalue weighted by Gasteiger charge is -2.28. The first kappa shape index (κ1) is 18.1. The van der Waals surface area contributed by atoms with Crippen LogP contribution in [0.5, 0.6) is 0 Å². The Hall–Kier alpha value is -2.28. The zero-order chi connectivity index (χ0) is 18.8. The molecule has 0 bridgehead atoms. The van der Waals surface area contributed by atoms with E-state index >= 15 is 0 Å². The summed E-state index contributed by atoms with van der Waals surface area (Å²) in [5.41, 5.74) is 3.50. The molecule has 0 aliphatic carbocycles. The van der Waals surface area contributed by atoms with Gasteiger partial charge in [0.1, 0.15) is 6.54 Å². The lowest BCUT2D eigenvalue weighted by Crippen LogP contribution is -2.47. The van der Waals surface area contributed by atoms with Crippen LogP contribution in [0.1, 0.15) is 19.3 Å². The number of nitrogens with one attached hydrogen (secondary N) is 2. The Kier molecular flexibility index (Phi) is 5.20. The lowest BCUT2D eigenvalue weighted by molar-refractivity contribution is -0.658. The molecule has 3 aromatic rings. The summed E-state index contributed by atoms with van der Waals surface area (Å²) in [6.45, 7) is 1.09. The number of aliphatic hydroxyl groups excluding tert-OH is 1. The van der Waals surface area contributed by atoms with Crippen LogP contribution in [0, 0.1) is 0 Å². The van der Waals surface area contributed by atoms with E-state index in [4.69, 9.17) is 11.6 Å². The summed E-state index contributed by atoms with van der Waals surface area (Å²) in [5.74, 6) is 0.0764. The van der Waals surface area contributed by atoms with E-state index in [0.717, 1.165) is 41.7 Å². The zero-order valence-corrected chi connectivity index (χ0v) is 15.6. The van der Waals surface area contributed by atoms with Gasteiger partial charge in [0, 0.05) is 35.3 Å². The molecule has 140 valence electrons. The number of pyridine rings is 1. The number of hydrogen-bond donors (Lipinski definition) is 3. The number of Topliss-reactive ketones (excluding diaryl/α,β-unsaturated/α-hetero) is 1. The average molecular weight is 386 g/mol. The third-order valence-corrected chi connectivity index (χ3v) is 5.27. The largest absolute Gasteiger partial charge is 0.391 e. The van der Waals surface area contributed by atoms with Gasteiger partial charge in [0.2, 0.25) is 6.33 Å². The van der Waals surface area contributed by atoms with Gasteiger partial charge in [-0.05, 0) is 37.1 Å². The number of hydrogen-bond acceptors (Lipinski definition) is 4. The van der Waals surface area contributed by atoms with Gasteiger partial charge in [0.05, 0.1) is 6.10 Å². The van der Waals surface area contributed by atoms with Crippen molar-refractivity contribution in [2.45, 2.75) is 38.0 Å². The van der Waals surface area contributed by atoms with Gasteiger partial charge in [-0.3, -0.25) is 4.79 Å². The predicted molar refractivity (Wildman–Crippen MR) is 103 cm³/mol. The molecule has 4 rings (SSSR count). The van der Waals surface area contributed by atoms with E-state index in [-0.39, 0.29) is 18.4 Å². The zero-order valence-electron chi connectivity index (χ0n) is 14.9. The second kappa shape index (κ2) is 7.76. The van der Waals surface area contributed by atoms with Gasteiger partial charge >= 0.3 is 0 Å². The first-order valence-corrected chi connectivity index (χ1v) is 9.53. The number of imidazole rings is 1. The summed E-state index contributed by atoms with van der Waals surface area (Å²) in [4.78, 5) is 20.1. The minimum Gasteiger partial charge on any atom is -0.391 e. The predicted octanol–water partition coefficient (Wildman–Crippen LogP) is 2.24. The van der Waals surface area contributed by atoms with Crippen LogP contribution in [0.25, 0.3) is 22.3 Å². The number of aromatic amines is 1. The molecule has 2 atom stereocenters. The number of carbonyl (C=O) groups is 1. The molecular formula is C20H22ClN4O2+. The van der Waals surface area contributed by atoms with Gasteiger partial charge in [0.25, 0.3) is 5.65 Å².